The van der Waals surface area contributed by atoms with Crippen molar-refractivity contribution in [1.29, 1.82) is 0 Å². The second kappa shape index (κ2) is 8.55. The van der Waals surface area contributed by atoms with E-state index in [0.29, 0.717) is 16.1 Å². The SMILES string of the molecule is CSc1ccccc1NC(=O)c1nn2c(c1Br)N[C@@H](c1ccc(Br)o1)C[C@@H]2C(F)(F)F. The van der Waals surface area contributed by atoms with E-state index >= 15 is 0 Å². The van der Waals surface area contributed by atoms with E-state index < -0.39 is 24.2 Å². The van der Waals surface area contributed by atoms with Crippen LogP contribution in [0.25, 0.3) is 0 Å². The van der Waals surface area contributed by atoms with E-state index in [2.05, 4.69) is 47.6 Å². The number of rotatable bonds is 4. The zero-order chi connectivity index (χ0) is 22.3. The highest BCUT2D eigenvalue weighted by atomic mass is 79.9. The van der Waals surface area contributed by atoms with Crippen molar-refractivity contribution >= 4 is 61.0 Å². The highest BCUT2D eigenvalue weighted by Gasteiger charge is 2.48. The standard InChI is InChI=1S/C19H15Br2F3N4O2S/c1-31-12-5-3-2-4-9(12)26-18(29)16-15(21)17-25-10(11-6-7-14(20)30-11)8-13(19(22,23)24)28(17)27-16/h2-7,10,13,25H,8H2,1H3,(H,26,29)/t10-,13-/m1/s1. The first-order valence-corrected chi connectivity index (χ1v) is 11.8. The molecule has 0 saturated carbocycles. The lowest BCUT2D eigenvalue weighted by molar-refractivity contribution is -0.174. The number of carbonyl (C=O) groups is 1. The van der Waals surface area contributed by atoms with Crippen molar-refractivity contribution in [2.24, 2.45) is 0 Å². The normalized spacial score (nSPS) is 18.4. The van der Waals surface area contributed by atoms with Gasteiger partial charge in [-0.15, -0.1) is 11.8 Å². The number of alkyl halides is 3. The number of amides is 1. The van der Waals surface area contributed by atoms with E-state index in [0.717, 1.165) is 9.58 Å². The van der Waals surface area contributed by atoms with E-state index in [9.17, 15) is 18.0 Å². The number of thioether (sulfide) groups is 1. The number of para-hydroxylation sites is 1. The van der Waals surface area contributed by atoms with Crippen LogP contribution in [-0.2, 0) is 0 Å². The van der Waals surface area contributed by atoms with E-state index in [4.69, 9.17) is 4.42 Å². The molecule has 1 aliphatic heterocycles. The van der Waals surface area contributed by atoms with Gasteiger partial charge in [0.05, 0.1) is 16.2 Å². The number of fused-ring (bicyclic) bond motifs is 1. The Hall–Kier alpha value is -1.92. The molecular weight excluding hydrogens is 565 g/mol. The maximum atomic E-state index is 13.9. The topological polar surface area (TPSA) is 72.1 Å². The monoisotopic (exact) mass is 578 g/mol. The Bertz CT molecular complexity index is 1130. The van der Waals surface area contributed by atoms with Gasteiger partial charge in [-0.25, -0.2) is 4.68 Å². The Morgan fingerprint density at radius 1 is 1.29 bits per heavy atom. The molecule has 3 heterocycles. The summed E-state index contributed by atoms with van der Waals surface area (Å²) in [6.07, 6.45) is -3.04. The molecule has 6 nitrogen and oxygen atoms in total. The van der Waals surface area contributed by atoms with Gasteiger partial charge in [-0.3, -0.25) is 4.79 Å². The van der Waals surface area contributed by atoms with Crippen LogP contribution >= 0.6 is 43.6 Å². The lowest BCUT2D eigenvalue weighted by Crippen LogP contribution is -2.35. The fraction of sp³-hybridized carbons (Fsp3) is 0.263. The Morgan fingerprint density at radius 3 is 2.68 bits per heavy atom. The molecule has 1 aliphatic rings. The third kappa shape index (κ3) is 4.37. The molecule has 4 rings (SSSR count). The Labute approximate surface area is 196 Å². The first kappa shape index (κ1) is 22.3. The minimum absolute atomic E-state index is 0.0643. The molecule has 3 aromatic rings. The fourth-order valence-electron chi connectivity index (χ4n) is 3.37. The molecule has 0 fully saturated rings. The first-order valence-electron chi connectivity index (χ1n) is 9.00. The summed E-state index contributed by atoms with van der Waals surface area (Å²) in [7, 11) is 0. The molecule has 12 heteroatoms. The molecule has 31 heavy (non-hydrogen) atoms. The van der Waals surface area contributed by atoms with Crippen molar-refractivity contribution < 1.29 is 22.4 Å². The van der Waals surface area contributed by atoms with Crippen LogP contribution in [0.5, 0.6) is 0 Å². The van der Waals surface area contributed by atoms with Crippen molar-refractivity contribution in [1.82, 2.24) is 9.78 Å². The van der Waals surface area contributed by atoms with Crippen LogP contribution in [0.4, 0.5) is 24.7 Å². The van der Waals surface area contributed by atoms with Gasteiger partial charge in [0.1, 0.15) is 11.6 Å². The van der Waals surface area contributed by atoms with Crippen molar-refractivity contribution in [2.75, 3.05) is 16.9 Å². The van der Waals surface area contributed by atoms with Gasteiger partial charge in [0.15, 0.2) is 16.4 Å². The summed E-state index contributed by atoms with van der Waals surface area (Å²) in [6.45, 7) is 0. The van der Waals surface area contributed by atoms with Gasteiger partial charge in [-0.2, -0.15) is 18.3 Å². The predicted octanol–water partition coefficient (Wildman–Crippen LogP) is 6.64. The summed E-state index contributed by atoms with van der Waals surface area (Å²) in [5.41, 5.74) is 0.408. The van der Waals surface area contributed by atoms with E-state index in [1.165, 1.54) is 11.8 Å². The van der Waals surface area contributed by atoms with Crippen molar-refractivity contribution in [3.63, 3.8) is 0 Å². The molecule has 164 valence electrons. The minimum Gasteiger partial charge on any atom is -0.452 e. The zero-order valence-electron chi connectivity index (χ0n) is 15.8. The molecule has 2 N–H and O–H groups in total. The summed E-state index contributed by atoms with van der Waals surface area (Å²) in [5.74, 6) is -0.204. The lowest BCUT2D eigenvalue weighted by Gasteiger charge is -2.32. The summed E-state index contributed by atoms with van der Waals surface area (Å²) < 4.78 is 48.4. The Balaban J connectivity index is 1.70. The molecular formula is C19H15Br2F3N4O2S. The molecule has 1 aromatic carbocycles. The van der Waals surface area contributed by atoms with Gasteiger partial charge in [0.2, 0.25) is 0 Å². The van der Waals surface area contributed by atoms with Crippen molar-refractivity contribution in [3.05, 3.63) is 57.0 Å². The average molecular weight is 580 g/mol. The smallest absolute Gasteiger partial charge is 0.410 e. The van der Waals surface area contributed by atoms with Crippen LogP contribution < -0.4 is 10.6 Å². The third-order valence-corrected chi connectivity index (χ3v) is 6.78. The van der Waals surface area contributed by atoms with Gasteiger partial charge in [-0.05, 0) is 62.4 Å². The summed E-state index contributed by atoms with van der Waals surface area (Å²) in [5, 5.41) is 9.75. The van der Waals surface area contributed by atoms with E-state index in [1.807, 2.05) is 18.4 Å². The van der Waals surface area contributed by atoms with E-state index in [1.54, 1.807) is 24.3 Å². The van der Waals surface area contributed by atoms with Crippen LogP contribution in [0.1, 0.15) is 34.8 Å². The Kier molecular flexibility index (Phi) is 6.14. The molecule has 1 amide bonds. The molecule has 0 spiro atoms. The summed E-state index contributed by atoms with van der Waals surface area (Å²) in [4.78, 5) is 13.7. The van der Waals surface area contributed by atoms with Crippen molar-refractivity contribution in [3.8, 4) is 0 Å². The zero-order valence-corrected chi connectivity index (χ0v) is 19.8. The number of nitrogens with one attached hydrogen (secondary N) is 2. The molecule has 0 bridgehead atoms. The molecule has 0 saturated heterocycles. The van der Waals surface area contributed by atoms with Gasteiger partial charge in [0.25, 0.3) is 5.91 Å². The number of hydrogen-bond acceptors (Lipinski definition) is 5. The molecule has 2 aromatic heterocycles. The Morgan fingerprint density at radius 2 is 2.03 bits per heavy atom. The maximum Gasteiger partial charge on any atom is 0.410 e. The maximum absolute atomic E-state index is 13.9. The number of carbonyl (C=O) groups excluding carboxylic acids is 1. The third-order valence-electron chi connectivity index (χ3n) is 4.80. The average Bonchev–Trinajstić information content (AvgIpc) is 3.30. The van der Waals surface area contributed by atoms with Gasteiger partial charge in [-0.1, -0.05) is 12.1 Å². The number of nitrogens with zero attached hydrogens (tertiary/aromatic N) is 2. The quantitative estimate of drug-likeness (QED) is 0.339. The molecule has 0 radical (unpaired) electrons. The van der Waals surface area contributed by atoms with Crippen LogP contribution in [-0.4, -0.2) is 28.1 Å². The minimum atomic E-state index is -4.57. The first-order chi connectivity index (χ1) is 14.7. The highest BCUT2D eigenvalue weighted by molar-refractivity contribution is 9.10. The number of benzene rings is 1. The summed E-state index contributed by atoms with van der Waals surface area (Å²) in [6, 6.07) is 7.69. The highest BCUT2D eigenvalue weighted by Crippen LogP contribution is 2.46. The molecule has 2 atom stereocenters. The van der Waals surface area contributed by atoms with Crippen LogP contribution in [0.3, 0.4) is 0 Å². The van der Waals surface area contributed by atoms with Gasteiger partial charge < -0.3 is 15.1 Å². The number of hydrogen-bond donors (Lipinski definition) is 2. The van der Waals surface area contributed by atoms with Gasteiger partial charge in [0, 0.05) is 11.3 Å². The fourth-order valence-corrected chi connectivity index (χ4v) is 4.79. The number of aromatic nitrogens is 2. The second-order valence-corrected chi connectivity index (χ2v) is 9.16. The number of anilines is 2. The van der Waals surface area contributed by atoms with E-state index in [-0.39, 0.29) is 22.4 Å². The largest absolute Gasteiger partial charge is 0.452 e. The van der Waals surface area contributed by atoms with Crippen LogP contribution in [0.2, 0.25) is 0 Å². The van der Waals surface area contributed by atoms with Gasteiger partial charge >= 0.3 is 6.18 Å². The van der Waals surface area contributed by atoms with Crippen LogP contribution in [0, 0.1) is 0 Å². The predicted molar refractivity (Wildman–Crippen MR) is 119 cm³/mol. The number of furan rings is 1. The summed E-state index contributed by atoms with van der Waals surface area (Å²) >= 11 is 7.88. The molecule has 0 aliphatic carbocycles. The molecule has 0 unspecified atom stereocenters. The van der Waals surface area contributed by atoms with Crippen molar-refractivity contribution in [2.45, 2.75) is 29.6 Å². The number of halogens is 5. The second-order valence-electron chi connectivity index (χ2n) is 6.74. The van der Waals surface area contributed by atoms with Crippen LogP contribution in [0.15, 0.2) is 54.9 Å². The lowest BCUT2D eigenvalue weighted by atomic mass is 10.0.